The van der Waals surface area contributed by atoms with Crippen molar-refractivity contribution in [1.82, 2.24) is 9.66 Å². The minimum absolute atomic E-state index is 0.213. The first kappa shape index (κ1) is 23.6. The van der Waals surface area contributed by atoms with Crippen LogP contribution in [0.15, 0.2) is 53.6 Å². The van der Waals surface area contributed by atoms with Gasteiger partial charge in [0, 0.05) is 10.9 Å². The number of esters is 1. The number of nitrogens with zero attached hydrogens (tertiary/aromatic N) is 3. The highest BCUT2D eigenvalue weighted by Crippen LogP contribution is 2.34. The third kappa shape index (κ3) is 5.61. The van der Waals surface area contributed by atoms with E-state index in [2.05, 4.69) is 62.6 Å². The molecule has 0 bridgehead atoms. The molecule has 0 saturated carbocycles. The molecule has 3 aromatic rings. The number of carbonyl (C=O) groups is 1. The van der Waals surface area contributed by atoms with Gasteiger partial charge in [0.15, 0.2) is 6.61 Å². The number of aromatic nitrogens is 2. The lowest BCUT2D eigenvalue weighted by Gasteiger charge is -2.11. The summed E-state index contributed by atoms with van der Waals surface area (Å²) < 4.78 is 13.4. The monoisotopic (exact) mass is 613 g/mol. The standard InChI is InChI=1S/C21H18Br3N3O4/c1-3-4-18-26-17-6-5-13(22)9-14(17)21(29)27(18)25-10-12-7-15(23)20(16(24)8-12)31-11-19(28)30-2/h5-10H,3-4,11H2,1-2H3. The van der Waals surface area contributed by atoms with Crippen molar-refractivity contribution in [2.75, 3.05) is 13.7 Å². The minimum atomic E-state index is -0.484. The van der Waals surface area contributed by atoms with Crippen LogP contribution in [0.4, 0.5) is 0 Å². The van der Waals surface area contributed by atoms with Gasteiger partial charge in [-0.1, -0.05) is 22.9 Å². The SMILES string of the molecule is CCCc1nc2ccc(Br)cc2c(=O)n1N=Cc1cc(Br)c(OCC(=O)OC)c(Br)c1. The number of hydrogen-bond donors (Lipinski definition) is 0. The van der Waals surface area contributed by atoms with E-state index in [1.54, 1.807) is 24.4 Å². The third-order valence-corrected chi connectivity index (χ3v) is 5.93. The second kappa shape index (κ2) is 10.5. The summed E-state index contributed by atoms with van der Waals surface area (Å²) in [6.07, 6.45) is 3.02. The lowest BCUT2D eigenvalue weighted by molar-refractivity contribution is -0.142. The first-order valence-corrected chi connectivity index (χ1v) is 11.7. The van der Waals surface area contributed by atoms with Crippen LogP contribution in [0.5, 0.6) is 5.75 Å². The number of ether oxygens (including phenoxy) is 2. The van der Waals surface area contributed by atoms with Gasteiger partial charge in [-0.05, 0) is 74.2 Å². The average Bonchev–Trinajstić information content (AvgIpc) is 2.73. The van der Waals surface area contributed by atoms with E-state index in [-0.39, 0.29) is 12.2 Å². The van der Waals surface area contributed by atoms with Crippen molar-refractivity contribution < 1.29 is 14.3 Å². The molecule has 1 heterocycles. The Bertz CT molecular complexity index is 1200. The zero-order valence-corrected chi connectivity index (χ0v) is 21.5. The van der Waals surface area contributed by atoms with E-state index < -0.39 is 5.97 Å². The predicted molar refractivity (Wildman–Crippen MR) is 130 cm³/mol. The van der Waals surface area contributed by atoms with Crippen LogP contribution in [0.3, 0.4) is 0 Å². The fourth-order valence-corrected chi connectivity index (χ4v) is 4.62. The molecule has 0 spiro atoms. The summed E-state index contributed by atoms with van der Waals surface area (Å²) in [6.45, 7) is 1.81. The van der Waals surface area contributed by atoms with E-state index >= 15 is 0 Å². The number of halogens is 3. The van der Waals surface area contributed by atoms with Crippen molar-refractivity contribution in [2.45, 2.75) is 19.8 Å². The molecule has 0 aliphatic carbocycles. The molecule has 0 amide bonds. The summed E-state index contributed by atoms with van der Waals surface area (Å²) in [6, 6.07) is 8.96. The number of carbonyl (C=O) groups excluding carboxylic acids is 1. The third-order valence-electron chi connectivity index (χ3n) is 4.25. The van der Waals surface area contributed by atoms with E-state index in [9.17, 15) is 9.59 Å². The molecule has 3 rings (SSSR count). The van der Waals surface area contributed by atoms with Crippen LogP contribution in [0.1, 0.15) is 24.7 Å². The molecule has 0 aliphatic heterocycles. The average molecular weight is 616 g/mol. The second-order valence-corrected chi connectivity index (χ2v) is 9.10. The van der Waals surface area contributed by atoms with Crippen LogP contribution >= 0.6 is 47.8 Å². The first-order chi connectivity index (χ1) is 14.8. The summed E-state index contributed by atoms with van der Waals surface area (Å²) in [5.41, 5.74) is 1.12. The van der Waals surface area contributed by atoms with Gasteiger partial charge in [0.2, 0.25) is 0 Å². The Morgan fingerprint density at radius 3 is 2.55 bits per heavy atom. The van der Waals surface area contributed by atoms with E-state index in [0.29, 0.717) is 43.4 Å². The number of fused-ring (bicyclic) bond motifs is 1. The molecule has 0 fully saturated rings. The molecule has 31 heavy (non-hydrogen) atoms. The normalized spacial score (nSPS) is 11.3. The Kier molecular flexibility index (Phi) is 8.01. The predicted octanol–water partition coefficient (Wildman–Crippen LogP) is 5.07. The van der Waals surface area contributed by atoms with Crippen LogP contribution in [0, 0.1) is 0 Å². The highest BCUT2D eigenvalue weighted by atomic mass is 79.9. The molecule has 1 aromatic heterocycles. The molecule has 2 aromatic carbocycles. The molecular weight excluding hydrogens is 598 g/mol. The van der Waals surface area contributed by atoms with Crippen molar-refractivity contribution >= 4 is 70.9 Å². The number of benzene rings is 2. The Balaban J connectivity index is 1.99. The molecule has 162 valence electrons. The molecule has 0 aliphatic rings. The van der Waals surface area contributed by atoms with Crippen molar-refractivity contribution in [3.05, 3.63) is 65.5 Å². The Morgan fingerprint density at radius 1 is 1.19 bits per heavy atom. The van der Waals surface area contributed by atoms with Crippen molar-refractivity contribution in [3.8, 4) is 5.75 Å². The molecule has 0 saturated heterocycles. The number of rotatable bonds is 7. The second-order valence-electron chi connectivity index (χ2n) is 6.48. The maximum atomic E-state index is 13.1. The molecule has 0 atom stereocenters. The summed E-state index contributed by atoms with van der Waals surface area (Å²) in [7, 11) is 1.30. The van der Waals surface area contributed by atoms with Gasteiger partial charge >= 0.3 is 5.97 Å². The maximum Gasteiger partial charge on any atom is 0.343 e. The van der Waals surface area contributed by atoms with Crippen molar-refractivity contribution in [1.29, 1.82) is 0 Å². The Labute approximate surface area is 203 Å². The highest BCUT2D eigenvalue weighted by molar-refractivity contribution is 9.11. The Morgan fingerprint density at radius 2 is 1.90 bits per heavy atom. The first-order valence-electron chi connectivity index (χ1n) is 9.28. The van der Waals surface area contributed by atoms with Gasteiger partial charge in [-0.25, -0.2) is 9.78 Å². The van der Waals surface area contributed by atoms with Gasteiger partial charge in [0.05, 0.1) is 33.2 Å². The Hall–Kier alpha value is -2.04. The maximum absolute atomic E-state index is 13.1. The van der Waals surface area contributed by atoms with E-state index in [1.807, 2.05) is 19.1 Å². The summed E-state index contributed by atoms with van der Waals surface area (Å²) in [5.74, 6) is 0.570. The van der Waals surface area contributed by atoms with Crippen LogP contribution in [0.25, 0.3) is 10.9 Å². The number of methoxy groups -OCH3 is 1. The number of hydrogen-bond acceptors (Lipinski definition) is 6. The van der Waals surface area contributed by atoms with Crippen LogP contribution in [0.2, 0.25) is 0 Å². The van der Waals surface area contributed by atoms with E-state index in [4.69, 9.17) is 4.74 Å². The fraction of sp³-hybridized carbons (Fsp3) is 0.238. The van der Waals surface area contributed by atoms with Crippen LogP contribution < -0.4 is 10.3 Å². The quantitative estimate of drug-likeness (QED) is 0.274. The zero-order valence-electron chi connectivity index (χ0n) is 16.7. The van der Waals surface area contributed by atoms with Gasteiger partial charge in [0.25, 0.3) is 5.56 Å². The lowest BCUT2D eigenvalue weighted by Crippen LogP contribution is -2.22. The summed E-state index contributed by atoms with van der Waals surface area (Å²) in [4.78, 5) is 29.0. The molecular formula is C21H18Br3N3O4. The molecule has 0 N–H and O–H groups in total. The van der Waals surface area contributed by atoms with Gasteiger partial charge in [-0.15, -0.1) is 0 Å². The summed E-state index contributed by atoms with van der Waals surface area (Å²) in [5, 5.41) is 4.90. The summed E-state index contributed by atoms with van der Waals surface area (Å²) >= 11 is 10.3. The molecule has 10 heteroatoms. The van der Waals surface area contributed by atoms with Crippen LogP contribution in [-0.2, 0) is 16.0 Å². The van der Waals surface area contributed by atoms with Crippen molar-refractivity contribution in [2.24, 2.45) is 5.10 Å². The van der Waals surface area contributed by atoms with Gasteiger partial charge in [-0.2, -0.15) is 9.78 Å². The molecule has 0 radical (unpaired) electrons. The largest absolute Gasteiger partial charge is 0.480 e. The topological polar surface area (TPSA) is 82.8 Å². The molecule has 7 nitrogen and oxygen atoms in total. The van der Waals surface area contributed by atoms with Crippen molar-refractivity contribution in [3.63, 3.8) is 0 Å². The fourth-order valence-electron chi connectivity index (χ4n) is 2.81. The van der Waals surface area contributed by atoms with E-state index in [0.717, 1.165) is 10.9 Å². The minimum Gasteiger partial charge on any atom is -0.480 e. The van der Waals surface area contributed by atoms with Crippen LogP contribution in [-0.4, -0.2) is 35.6 Å². The highest BCUT2D eigenvalue weighted by Gasteiger charge is 2.13. The van der Waals surface area contributed by atoms with Gasteiger partial charge in [-0.3, -0.25) is 4.79 Å². The lowest BCUT2D eigenvalue weighted by atomic mass is 10.2. The smallest absolute Gasteiger partial charge is 0.343 e. The van der Waals surface area contributed by atoms with Gasteiger partial charge < -0.3 is 9.47 Å². The number of aryl methyl sites for hydroxylation is 1. The zero-order chi connectivity index (χ0) is 22.5. The van der Waals surface area contributed by atoms with Gasteiger partial charge in [0.1, 0.15) is 11.6 Å². The molecule has 0 unspecified atom stereocenters. The van der Waals surface area contributed by atoms with E-state index in [1.165, 1.54) is 11.8 Å².